The smallest absolute Gasteiger partial charge is 0.343 e. The second-order valence-corrected chi connectivity index (χ2v) is 7.49. The first-order valence-corrected chi connectivity index (χ1v) is 9.14. The third-order valence-corrected chi connectivity index (χ3v) is 5.47. The lowest BCUT2D eigenvalue weighted by molar-refractivity contribution is 0.0734. The van der Waals surface area contributed by atoms with Crippen LogP contribution in [-0.4, -0.2) is 14.4 Å². The van der Waals surface area contributed by atoms with E-state index in [1.54, 1.807) is 30.3 Å². The van der Waals surface area contributed by atoms with E-state index in [-0.39, 0.29) is 15.4 Å². The summed E-state index contributed by atoms with van der Waals surface area (Å²) >= 11 is 0. The highest BCUT2D eigenvalue weighted by Crippen LogP contribution is 2.21. The van der Waals surface area contributed by atoms with Crippen molar-refractivity contribution >= 4 is 15.8 Å². The molecule has 0 fully saturated rings. The Hall–Kier alpha value is -2.92. The molecular formula is C20H16O4S. The van der Waals surface area contributed by atoms with E-state index in [2.05, 4.69) is 0 Å². The molecule has 25 heavy (non-hydrogen) atoms. The molecule has 0 aliphatic rings. The Labute approximate surface area is 146 Å². The molecule has 0 atom stereocenters. The highest BCUT2D eigenvalue weighted by atomic mass is 32.2. The first-order chi connectivity index (χ1) is 12.0. The first-order valence-electron chi connectivity index (χ1n) is 7.66. The van der Waals surface area contributed by atoms with Crippen LogP contribution in [0.15, 0.2) is 88.7 Å². The standard InChI is InChI=1S/C20H16O4S/c1-15-7-11-17(12-8-15)24-20(21)16-9-13-19(14-10-16)25(22,23)18-5-3-2-4-6-18/h2-14H,1H3. The van der Waals surface area contributed by atoms with Gasteiger partial charge >= 0.3 is 5.97 Å². The summed E-state index contributed by atoms with van der Waals surface area (Å²) in [6, 6.07) is 21.0. The predicted molar refractivity (Wildman–Crippen MR) is 94.5 cm³/mol. The minimum absolute atomic E-state index is 0.130. The maximum absolute atomic E-state index is 12.5. The van der Waals surface area contributed by atoms with Crippen LogP contribution in [0.5, 0.6) is 5.75 Å². The van der Waals surface area contributed by atoms with Gasteiger partial charge in [0.05, 0.1) is 15.4 Å². The average molecular weight is 352 g/mol. The summed E-state index contributed by atoms with van der Waals surface area (Å²) < 4.78 is 30.3. The third-order valence-electron chi connectivity index (χ3n) is 3.69. The topological polar surface area (TPSA) is 60.4 Å². The van der Waals surface area contributed by atoms with Gasteiger partial charge in [-0.05, 0) is 55.5 Å². The molecule has 0 N–H and O–H groups in total. The van der Waals surface area contributed by atoms with Gasteiger partial charge in [-0.1, -0.05) is 35.9 Å². The zero-order valence-corrected chi connectivity index (χ0v) is 14.4. The van der Waals surface area contributed by atoms with E-state index in [0.29, 0.717) is 5.75 Å². The summed E-state index contributed by atoms with van der Waals surface area (Å²) in [5.74, 6) is -0.0934. The van der Waals surface area contributed by atoms with Crippen molar-refractivity contribution in [2.75, 3.05) is 0 Å². The van der Waals surface area contributed by atoms with Gasteiger partial charge in [-0.3, -0.25) is 0 Å². The molecule has 0 heterocycles. The Bertz CT molecular complexity index is 974. The highest BCUT2D eigenvalue weighted by molar-refractivity contribution is 7.91. The summed E-state index contributed by atoms with van der Waals surface area (Å²) in [6.07, 6.45) is 0. The van der Waals surface area contributed by atoms with E-state index in [4.69, 9.17) is 4.74 Å². The zero-order valence-electron chi connectivity index (χ0n) is 13.5. The largest absolute Gasteiger partial charge is 0.423 e. The molecule has 0 spiro atoms. The number of sulfone groups is 1. The second kappa shape index (κ2) is 6.91. The molecule has 3 rings (SSSR count). The van der Waals surface area contributed by atoms with Crippen LogP contribution in [0.4, 0.5) is 0 Å². The van der Waals surface area contributed by atoms with E-state index >= 15 is 0 Å². The van der Waals surface area contributed by atoms with E-state index < -0.39 is 15.8 Å². The zero-order chi connectivity index (χ0) is 17.9. The number of esters is 1. The Morgan fingerprint density at radius 3 is 1.92 bits per heavy atom. The van der Waals surface area contributed by atoms with Crippen LogP contribution in [0.3, 0.4) is 0 Å². The van der Waals surface area contributed by atoms with E-state index in [0.717, 1.165) is 5.56 Å². The van der Waals surface area contributed by atoms with Gasteiger partial charge < -0.3 is 4.74 Å². The summed E-state index contributed by atoms with van der Waals surface area (Å²) in [5.41, 5.74) is 1.35. The molecule has 0 aliphatic carbocycles. The van der Waals surface area contributed by atoms with Crippen LogP contribution >= 0.6 is 0 Å². The Kier molecular flexibility index (Phi) is 4.67. The number of aryl methyl sites for hydroxylation is 1. The Morgan fingerprint density at radius 2 is 1.32 bits per heavy atom. The van der Waals surface area contributed by atoms with Gasteiger partial charge in [-0.25, -0.2) is 13.2 Å². The lowest BCUT2D eigenvalue weighted by Gasteiger charge is -2.07. The minimum atomic E-state index is -3.60. The number of carbonyl (C=O) groups is 1. The number of benzene rings is 3. The van der Waals surface area contributed by atoms with Crippen molar-refractivity contribution in [1.29, 1.82) is 0 Å². The molecule has 0 saturated carbocycles. The fourth-order valence-electron chi connectivity index (χ4n) is 2.28. The highest BCUT2D eigenvalue weighted by Gasteiger charge is 2.18. The van der Waals surface area contributed by atoms with Gasteiger partial charge in [0, 0.05) is 0 Å². The first kappa shape index (κ1) is 16.9. The van der Waals surface area contributed by atoms with E-state index in [1.807, 2.05) is 19.1 Å². The molecule has 0 saturated heterocycles. The van der Waals surface area contributed by atoms with Crippen molar-refractivity contribution in [3.63, 3.8) is 0 Å². The summed E-state index contributed by atoms with van der Waals surface area (Å²) in [5, 5.41) is 0. The van der Waals surface area contributed by atoms with Crippen LogP contribution in [0.1, 0.15) is 15.9 Å². The number of carbonyl (C=O) groups excluding carboxylic acids is 1. The normalized spacial score (nSPS) is 11.1. The lowest BCUT2D eigenvalue weighted by Crippen LogP contribution is -2.09. The molecule has 0 radical (unpaired) electrons. The fourth-order valence-corrected chi connectivity index (χ4v) is 3.56. The maximum atomic E-state index is 12.5. The summed E-state index contributed by atoms with van der Waals surface area (Å²) in [6.45, 7) is 1.94. The van der Waals surface area contributed by atoms with Gasteiger partial charge in [0.2, 0.25) is 9.84 Å². The molecule has 0 unspecified atom stereocenters. The molecule has 3 aromatic rings. The lowest BCUT2D eigenvalue weighted by atomic mass is 10.2. The molecule has 0 amide bonds. The number of hydrogen-bond donors (Lipinski definition) is 0. The number of rotatable bonds is 4. The Morgan fingerprint density at radius 1 is 0.760 bits per heavy atom. The van der Waals surface area contributed by atoms with Gasteiger partial charge in [0.25, 0.3) is 0 Å². The molecule has 5 heteroatoms. The summed E-state index contributed by atoms with van der Waals surface area (Å²) in [7, 11) is -3.60. The van der Waals surface area contributed by atoms with Crippen LogP contribution in [0, 0.1) is 6.92 Å². The molecular weight excluding hydrogens is 336 g/mol. The Balaban J connectivity index is 1.80. The van der Waals surface area contributed by atoms with E-state index in [9.17, 15) is 13.2 Å². The van der Waals surface area contributed by atoms with Gasteiger partial charge in [0.1, 0.15) is 5.75 Å². The van der Waals surface area contributed by atoms with Gasteiger partial charge in [-0.2, -0.15) is 0 Å². The van der Waals surface area contributed by atoms with Crippen molar-refractivity contribution in [1.82, 2.24) is 0 Å². The van der Waals surface area contributed by atoms with Crippen LogP contribution in [0.2, 0.25) is 0 Å². The maximum Gasteiger partial charge on any atom is 0.343 e. The summed E-state index contributed by atoms with van der Waals surface area (Å²) in [4.78, 5) is 12.5. The van der Waals surface area contributed by atoms with E-state index in [1.165, 1.54) is 36.4 Å². The van der Waals surface area contributed by atoms with Crippen molar-refractivity contribution < 1.29 is 17.9 Å². The molecule has 3 aromatic carbocycles. The predicted octanol–water partition coefficient (Wildman–Crippen LogP) is 4.05. The van der Waals surface area contributed by atoms with Gasteiger partial charge in [-0.15, -0.1) is 0 Å². The monoisotopic (exact) mass is 352 g/mol. The van der Waals surface area contributed by atoms with Crippen LogP contribution < -0.4 is 4.74 Å². The SMILES string of the molecule is Cc1ccc(OC(=O)c2ccc(S(=O)(=O)c3ccccc3)cc2)cc1. The van der Waals surface area contributed by atoms with Crippen LogP contribution in [-0.2, 0) is 9.84 Å². The van der Waals surface area contributed by atoms with Crippen LogP contribution in [0.25, 0.3) is 0 Å². The average Bonchev–Trinajstić information content (AvgIpc) is 2.64. The van der Waals surface area contributed by atoms with Crippen molar-refractivity contribution in [2.45, 2.75) is 16.7 Å². The minimum Gasteiger partial charge on any atom is -0.423 e. The van der Waals surface area contributed by atoms with Crippen molar-refractivity contribution in [2.24, 2.45) is 0 Å². The third kappa shape index (κ3) is 3.78. The molecule has 0 aromatic heterocycles. The van der Waals surface area contributed by atoms with Crippen molar-refractivity contribution in [3.8, 4) is 5.75 Å². The molecule has 0 bridgehead atoms. The molecule has 0 aliphatic heterocycles. The molecule has 4 nitrogen and oxygen atoms in total. The quantitative estimate of drug-likeness (QED) is 0.525. The van der Waals surface area contributed by atoms with Crippen molar-refractivity contribution in [3.05, 3.63) is 90.0 Å². The fraction of sp³-hybridized carbons (Fsp3) is 0.0500. The number of ether oxygens (including phenoxy) is 1. The molecule has 126 valence electrons. The van der Waals surface area contributed by atoms with Gasteiger partial charge in [0.15, 0.2) is 0 Å². The number of hydrogen-bond acceptors (Lipinski definition) is 4. The second-order valence-electron chi connectivity index (χ2n) is 5.54.